The molecule has 2 aromatic heterocycles. The van der Waals surface area contributed by atoms with Crippen LogP contribution in [0.2, 0.25) is 5.15 Å². The molecule has 0 saturated carbocycles. The van der Waals surface area contributed by atoms with Gasteiger partial charge in [-0.2, -0.15) is 0 Å². The highest BCUT2D eigenvalue weighted by atomic mass is 35.5. The lowest BCUT2D eigenvalue weighted by atomic mass is 10.2. The van der Waals surface area contributed by atoms with Crippen LogP contribution in [0.15, 0.2) is 55.0 Å². The van der Waals surface area contributed by atoms with Crippen LogP contribution in [0, 0.1) is 0 Å². The second kappa shape index (κ2) is 7.14. The van der Waals surface area contributed by atoms with Crippen LogP contribution in [0.4, 0.5) is 28.7 Å². The third-order valence-electron chi connectivity index (χ3n) is 3.51. The van der Waals surface area contributed by atoms with Crippen LogP contribution in [0.25, 0.3) is 0 Å². The smallest absolute Gasteiger partial charge is 0.161 e. The molecule has 6 nitrogen and oxygen atoms in total. The van der Waals surface area contributed by atoms with E-state index in [9.17, 15) is 0 Å². The lowest BCUT2D eigenvalue weighted by Crippen LogP contribution is -2.19. The molecule has 24 heavy (non-hydrogen) atoms. The number of para-hydroxylation sites is 1. The fourth-order valence-corrected chi connectivity index (χ4v) is 2.54. The second-order valence-electron chi connectivity index (χ2n) is 5.01. The number of hydrogen-bond acceptors (Lipinski definition) is 6. The molecule has 2 heterocycles. The van der Waals surface area contributed by atoms with Gasteiger partial charge in [-0.05, 0) is 31.2 Å². The van der Waals surface area contributed by atoms with Crippen LogP contribution in [-0.2, 0) is 0 Å². The van der Waals surface area contributed by atoms with Crippen LogP contribution in [-0.4, -0.2) is 21.5 Å². The van der Waals surface area contributed by atoms with Gasteiger partial charge in [0, 0.05) is 18.4 Å². The minimum Gasteiger partial charge on any atom is -0.393 e. The number of nitrogens with one attached hydrogen (secondary N) is 1. The minimum absolute atomic E-state index is 0.354. The van der Waals surface area contributed by atoms with Gasteiger partial charge in [0.15, 0.2) is 16.8 Å². The normalized spacial score (nSPS) is 10.4. The van der Waals surface area contributed by atoms with E-state index in [0.29, 0.717) is 28.2 Å². The van der Waals surface area contributed by atoms with Crippen LogP contribution in [0.5, 0.6) is 0 Å². The molecule has 0 atom stereocenters. The maximum Gasteiger partial charge on any atom is 0.161 e. The van der Waals surface area contributed by atoms with E-state index in [2.05, 4.69) is 20.3 Å². The Morgan fingerprint density at radius 3 is 2.58 bits per heavy atom. The van der Waals surface area contributed by atoms with Gasteiger partial charge in [-0.1, -0.05) is 29.8 Å². The highest BCUT2D eigenvalue weighted by Gasteiger charge is 2.16. The largest absolute Gasteiger partial charge is 0.393 e. The van der Waals surface area contributed by atoms with Crippen molar-refractivity contribution in [1.29, 1.82) is 0 Å². The van der Waals surface area contributed by atoms with Crippen LogP contribution < -0.4 is 16.0 Å². The SMILES string of the molecule is CCN(c1ccccc1)c1ncnc(Nc2cccnc2Cl)c1N. The lowest BCUT2D eigenvalue weighted by molar-refractivity contribution is 0.980. The third-order valence-corrected chi connectivity index (χ3v) is 3.82. The molecule has 0 bridgehead atoms. The Labute approximate surface area is 145 Å². The van der Waals surface area contributed by atoms with Crippen LogP contribution in [0.3, 0.4) is 0 Å². The van der Waals surface area contributed by atoms with Crippen molar-refractivity contribution in [2.45, 2.75) is 6.92 Å². The molecule has 0 aliphatic carbocycles. The fraction of sp³-hybridized carbons (Fsp3) is 0.118. The molecule has 3 aromatic rings. The van der Waals surface area contributed by atoms with E-state index in [1.54, 1.807) is 12.3 Å². The first kappa shape index (κ1) is 16.0. The van der Waals surface area contributed by atoms with Gasteiger partial charge in [0.1, 0.15) is 12.0 Å². The van der Waals surface area contributed by atoms with Crippen LogP contribution in [0.1, 0.15) is 6.92 Å². The van der Waals surface area contributed by atoms with E-state index < -0.39 is 0 Å². The van der Waals surface area contributed by atoms with Gasteiger partial charge in [-0.3, -0.25) is 0 Å². The number of halogens is 1. The summed E-state index contributed by atoms with van der Waals surface area (Å²) >= 11 is 6.08. The summed E-state index contributed by atoms with van der Waals surface area (Å²) in [6.07, 6.45) is 3.10. The summed E-state index contributed by atoms with van der Waals surface area (Å²) in [5, 5.41) is 3.47. The number of nitrogen functional groups attached to an aromatic ring is 1. The van der Waals surface area contributed by atoms with Crippen molar-refractivity contribution in [2.75, 3.05) is 22.5 Å². The number of pyridine rings is 1. The third kappa shape index (κ3) is 3.23. The van der Waals surface area contributed by atoms with Crippen molar-refractivity contribution in [2.24, 2.45) is 0 Å². The maximum atomic E-state index is 6.30. The van der Waals surface area contributed by atoms with Crippen LogP contribution >= 0.6 is 11.6 Å². The molecule has 0 radical (unpaired) electrons. The number of nitrogens with zero attached hydrogens (tertiary/aromatic N) is 4. The zero-order valence-corrected chi connectivity index (χ0v) is 13.9. The van der Waals surface area contributed by atoms with Crippen molar-refractivity contribution in [3.8, 4) is 0 Å². The first-order chi connectivity index (χ1) is 11.7. The molecule has 0 amide bonds. The van der Waals surface area contributed by atoms with Gasteiger partial charge >= 0.3 is 0 Å². The van der Waals surface area contributed by atoms with E-state index in [1.165, 1.54) is 6.33 Å². The predicted octanol–water partition coefficient (Wildman–Crippen LogP) is 4.01. The zero-order chi connectivity index (χ0) is 16.9. The molecule has 3 rings (SSSR count). The number of anilines is 5. The highest BCUT2D eigenvalue weighted by molar-refractivity contribution is 6.32. The summed E-state index contributed by atoms with van der Waals surface area (Å²) in [5.41, 5.74) is 8.40. The summed E-state index contributed by atoms with van der Waals surface area (Å²) < 4.78 is 0. The number of benzene rings is 1. The number of rotatable bonds is 5. The molecule has 7 heteroatoms. The summed E-state index contributed by atoms with van der Waals surface area (Å²) in [5.74, 6) is 1.13. The van der Waals surface area contributed by atoms with Gasteiger partial charge in [0.05, 0.1) is 5.69 Å². The molecule has 1 aromatic carbocycles. The van der Waals surface area contributed by atoms with E-state index >= 15 is 0 Å². The topological polar surface area (TPSA) is 80.0 Å². The molecule has 0 spiro atoms. The summed E-state index contributed by atoms with van der Waals surface area (Å²) in [7, 11) is 0. The Hall–Kier alpha value is -2.86. The van der Waals surface area contributed by atoms with E-state index in [-0.39, 0.29) is 0 Å². The van der Waals surface area contributed by atoms with Gasteiger partial charge in [-0.15, -0.1) is 0 Å². The van der Waals surface area contributed by atoms with E-state index in [1.807, 2.05) is 48.2 Å². The quantitative estimate of drug-likeness (QED) is 0.683. The standard InChI is InChI=1S/C17H17ClN6/c1-2-24(12-7-4-3-5-8-12)17-14(19)16(21-11-22-17)23-13-9-6-10-20-15(13)18/h3-11H,2,19H2,1H3,(H,21,22,23). The molecule has 0 saturated heterocycles. The average Bonchev–Trinajstić information content (AvgIpc) is 2.61. The van der Waals surface area contributed by atoms with Crippen molar-refractivity contribution >= 4 is 40.3 Å². The molecule has 122 valence electrons. The van der Waals surface area contributed by atoms with Crippen molar-refractivity contribution < 1.29 is 0 Å². The molecule has 3 N–H and O–H groups in total. The van der Waals surface area contributed by atoms with Gasteiger partial charge < -0.3 is 16.0 Å². The monoisotopic (exact) mass is 340 g/mol. The lowest BCUT2D eigenvalue weighted by Gasteiger charge is -2.24. The predicted molar refractivity (Wildman–Crippen MR) is 98.1 cm³/mol. The second-order valence-corrected chi connectivity index (χ2v) is 5.36. The Morgan fingerprint density at radius 2 is 1.88 bits per heavy atom. The highest BCUT2D eigenvalue weighted by Crippen LogP contribution is 2.33. The van der Waals surface area contributed by atoms with E-state index in [0.717, 1.165) is 12.2 Å². The number of nitrogens with two attached hydrogens (primary N) is 1. The zero-order valence-electron chi connectivity index (χ0n) is 13.1. The molecular weight excluding hydrogens is 324 g/mol. The first-order valence-corrected chi connectivity index (χ1v) is 7.89. The van der Waals surface area contributed by atoms with Gasteiger partial charge in [0.2, 0.25) is 0 Å². The fourth-order valence-electron chi connectivity index (χ4n) is 2.37. The molecule has 0 unspecified atom stereocenters. The van der Waals surface area contributed by atoms with E-state index in [4.69, 9.17) is 17.3 Å². The first-order valence-electron chi connectivity index (χ1n) is 7.51. The average molecular weight is 341 g/mol. The number of hydrogen-bond donors (Lipinski definition) is 2. The van der Waals surface area contributed by atoms with Crippen molar-refractivity contribution in [3.05, 3.63) is 60.1 Å². The summed E-state index contributed by atoms with van der Waals surface area (Å²) in [4.78, 5) is 14.6. The van der Waals surface area contributed by atoms with Gasteiger partial charge in [-0.25, -0.2) is 15.0 Å². The van der Waals surface area contributed by atoms with Gasteiger partial charge in [0.25, 0.3) is 0 Å². The Balaban J connectivity index is 1.97. The maximum absolute atomic E-state index is 6.30. The minimum atomic E-state index is 0.354. The Morgan fingerprint density at radius 1 is 1.08 bits per heavy atom. The molecule has 0 aliphatic heterocycles. The van der Waals surface area contributed by atoms with Crippen molar-refractivity contribution in [1.82, 2.24) is 15.0 Å². The van der Waals surface area contributed by atoms with Crippen molar-refractivity contribution in [3.63, 3.8) is 0 Å². The molecule has 0 aliphatic rings. The summed E-state index contributed by atoms with van der Waals surface area (Å²) in [6.45, 7) is 2.76. The summed E-state index contributed by atoms with van der Waals surface area (Å²) in [6, 6.07) is 13.5. The Kier molecular flexibility index (Phi) is 4.77. The molecular formula is C17H17ClN6. The Bertz CT molecular complexity index is 824. The number of aromatic nitrogens is 3. The molecule has 0 fully saturated rings.